The molecule has 0 spiro atoms. The smallest absolute Gasteiger partial charge is 0.123 e. The first kappa shape index (κ1) is 15.0. The van der Waals surface area contributed by atoms with Crippen molar-refractivity contribution in [2.75, 3.05) is 6.54 Å². The molecule has 1 nitrogen and oxygen atoms in total. The lowest BCUT2D eigenvalue weighted by Crippen LogP contribution is -2.37. The van der Waals surface area contributed by atoms with Crippen LogP contribution in [0.1, 0.15) is 51.5 Å². The third-order valence-corrected chi connectivity index (χ3v) is 5.33. The maximum atomic E-state index is 13.1. The van der Waals surface area contributed by atoms with Crippen LogP contribution in [0.4, 0.5) is 4.39 Å². The van der Waals surface area contributed by atoms with Crippen molar-refractivity contribution in [3.05, 3.63) is 35.6 Å². The summed E-state index contributed by atoms with van der Waals surface area (Å²) in [6, 6.07) is 7.91. The van der Waals surface area contributed by atoms with E-state index in [1.54, 1.807) is 12.1 Å². The minimum Gasteiger partial charge on any atom is -0.314 e. The van der Waals surface area contributed by atoms with Crippen molar-refractivity contribution in [3.8, 4) is 0 Å². The van der Waals surface area contributed by atoms with Crippen LogP contribution in [0.25, 0.3) is 0 Å². The van der Waals surface area contributed by atoms with Crippen molar-refractivity contribution in [1.29, 1.82) is 0 Å². The van der Waals surface area contributed by atoms with Crippen LogP contribution >= 0.6 is 0 Å². The van der Waals surface area contributed by atoms with Crippen LogP contribution in [0.15, 0.2) is 24.3 Å². The minimum atomic E-state index is -0.130. The summed E-state index contributed by atoms with van der Waals surface area (Å²) in [5.41, 5.74) is 1.75. The molecular weight excluding hydrogens is 261 g/mol. The van der Waals surface area contributed by atoms with Gasteiger partial charge in [0.15, 0.2) is 0 Å². The second-order valence-electron chi connectivity index (χ2n) is 7.94. The van der Waals surface area contributed by atoms with Gasteiger partial charge in [-0.15, -0.1) is 0 Å². The summed E-state index contributed by atoms with van der Waals surface area (Å²) in [6.07, 6.45) is 7.78. The van der Waals surface area contributed by atoms with Crippen LogP contribution in [0, 0.1) is 23.1 Å². The van der Waals surface area contributed by atoms with Crippen LogP contribution in [0.5, 0.6) is 0 Å². The number of rotatable bonds is 5. The molecule has 2 saturated carbocycles. The monoisotopic (exact) mass is 289 g/mol. The predicted octanol–water partition coefficient (Wildman–Crippen LogP) is 4.56. The normalized spacial score (nSPS) is 28.5. The SMILES string of the molecule is CC1(C)CCC(CNC2CC2)C(Cc2ccc(F)cc2)C1. The van der Waals surface area contributed by atoms with Gasteiger partial charge in [-0.25, -0.2) is 4.39 Å². The van der Waals surface area contributed by atoms with E-state index in [2.05, 4.69) is 19.2 Å². The van der Waals surface area contributed by atoms with E-state index in [-0.39, 0.29) is 5.82 Å². The van der Waals surface area contributed by atoms with Gasteiger partial charge in [-0.05, 0) is 80.0 Å². The molecule has 0 saturated heterocycles. The largest absolute Gasteiger partial charge is 0.314 e. The summed E-state index contributed by atoms with van der Waals surface area (Å²) in [5, 5.41) is 3.72. The molecule has 3 rings (SSSR count). The third-order valence-electron chi connectivity index (χ3n) is 5.33. The van der Waals surface area contributed by atoms with E-state index in [0.717, 1.165) is 24.3 Å². The van der Waals surface area contributed by atoms with Crippen molar-refractivity contribution in [3.63, 3.8) is 0 Å². The van der Waals surface area contributed by atoms with E-state index in [0.29, 0.717) is 5.41 Å². The molecule has 2 heteroatoms. The van der Waals surface area contributed by atoms with Gasteiger partial charge >= 0.3 is 0 Å². The number of halogens is 1. The highest BCUT2D eigenvalue weighted by Gasteiger charge is 2.35. The van der Waals surface area contributed by atoms with Crippen molar-refractivity contribution in [2.24, 2.45) is 17.3 Å². The number of benzene rings is 1. The zero-order chi connectivity index (χ0) is 14.9. The molecule has 2 atom stereocenters. The molecule has 1 aromatic carbocycles. The van der Waals surface area contributed by atoms with E-state index < -0.39 is 0 Å². The third kappa shape index (κ3) is 4.29. The Morgan fingerprint density at radius 2 is 1.81 bits per heavy atom. The summed E-state index contributed by atoms with van der Waals surface area (Å²) in [4.78, 5) is 0. The molecule has 2 aliphatic rings. The van der Waals surface area contributed by atoms with Gasteiger partial charge in [0.1, 0.15) is 5.82 Å². The van der Waals surface area contributed by atoms with Crippen LogP contribution in [-0.2, 0) is 6.42 Å². The molecule has 2 fully saturated rings. The predicted molar refractivity (Wildman–Crippen MR) is 85.7 cm³/mol. The molecule has 0 heterocycles. The molecule has 0 bridgehead atoms. The zero-order valence-electron chi connectivity index (χ0n) is 13.4. The number of nitrogens with one attached hydrogen (secondary N) is 1. The van der Waals surface area contributed by atoms with Gasteiger partial charge in [0.2, 0.25) is 0 Å². The first-order valence-corrected chi connectivity index (χ1v) is 8.50. The lowest BCUT2D eigenvalue weighted by molar-refractivity contribution is 0.115. The van der Waals surface area contributed by atoms with Gasteiger partial charge in [-0.1, -0.05) is 26.0 Å². The van der Waals surface area contributed by atoms with E-state index in [1.165, 1.54) is 44.2 Å². The Morgan fingerprint density at radius 1 is 1.10 bits per heavy atom. The summed E-state index contributed by atoms with van der Waals surface area (Å²) in [7, 11) is 0. The van der Waals surface area contributed by atoms with Crippen molar-refractivity contribution in [2.45, 2.75) is 58.4 Å². The molecule has 1 aromatic rings. The van der Waals surface area contributed by atoms with Crippen LogP contribution < -0.4 is 5.32 Å². The van der Waals surface area contributed by atoms with Gasteiger partial charge in [0.05, 0.1) is 0 Å². The molecule has 0 amide bonds. The van der Waals surface area contributed by atoms with Crippen molar-refractivity contribution < 1.29 is 4.39 Å². The fraction of sp³-hybridized carbons (Fsp3) is 0.684. The van der Waals surface area contributed by atoms with Crippen LogP contribution in [0.3, 0.4) is 0 Å². The van der Waals surface area contributed by atoms with Crippen molar-refractivity contribution in [1.82, 2.24) is 5.32 Å². The van der Waals surface area contributed by atoms with Crippen molar-refractivity contribution >= 4 is 0 Å². The highest BCUT2D eigenvalue weighted by Crippen LogP contribution is 2.43. The second kappa shape index (κ2) is 6.08. The molecule has 2 aliphatic carbocycles. The molecule has 116 valence electrons. The Labute approximate surface area is 128 Å². The van der Waals surface area contributed by atoms with Gasteiger partial charge in [-0.3, -0.25) is 0 Å². The lowest BCUT2D eigenvalue weighted by atomic mass is 9.65. The van der Waals surface area contributed by atoms with E-state index in [9.17, 15) is 4.39 Å². The zero-order valence-corrected chi connectivity index (χ0v) is 13.4. The maximum Gasteiger partial charge on any atom is 0.123 e. The number of hydrogen-bond donors (Lipinski definition) is 1. The van der Waals surface area contributed by atoms with Crippen LogP contribution in [0.2, 0.25) is 0 Å². The molecular formula is C19H28FN. The first-order valence-electron chi connectivity index (χ1n) is 8.50. The maximum absolute atomic E-state index is 13.1. The Hall–Kier alpha value is -0.890. The van der Waals surface area contributed by atoms with Gasteiger partial charge in [-0.2, -0.15) is 0 Å². The van der Waals surface area contributed by atoms with E-state index in [4.69, 9.17) is 0 Å². The average Bonchev–Trinajstić information content (AvgIpc) is 3.24. The first-order chi connectivity index (χ1) is 10.0. The molecule has 1 N–H and O–H groups in total. The topological polar surface area (TPSA) is 12.0 Å². The fourth-order valence-electron chi connectivity index (χ4n) is 3.83. The standard InChI is InChI=1S/C19H28FN/c1-19(2)10-9-15(13-21-18-7-8-18)16(12-19)11-14-3-5-17(20)6-4-14/h3-6,15-16,18,21H,7-13H2,1-2H3. The van der Waals surface area contributed by atoms with Crippen LogP contribution in [-0.4, -0.2) is 12.6 Å². The van der Waals surface area contributed by atoms with Gasteiger partial charge in [0, 0.05) is 6.04 Å². The highest BCUT2D eigenvalue weighted by atomic mass is 19.1. The van der Waals surface area contributed by atoms with E-state index in [1.807, 2.05) is 12.1 Å². The van der Waals surface area contributed by atoms with E-state index >= 15 is 0 Å². The molecule has 0 aliphatic heterocycles. The quantitative estimate of drug-likeness (QED) is 0.837. The second-order valence-corrected chi connectivity index (χ2v) is 7.94. The Kier molecular flexibility index (Phi) is 4.35. The summed E-state index contributed by atoms with van der Waals surface area (Å²) < 4.78 is 13.1. The molecule has 0 aromatic heterocycles. The summed E-state index contributed by atoms with van der Waals surface area (Å²) >= 11 is 0. The molecule has 0 radical (unpaired) electrons. The molecule has 21 heavy (non-hydrogen) atoms. The van der Waals surface area contributed by atoms with Gasteiger partial charge in [0.25, 0.3) is 0 Å². The highest BCUT2D eigenvalue weighted by molar-refractivity contribution is 5.17. The number of hydrogen-bond acceptors (Lipinski definition) is 1. The Balaban J connectivity index is 1.64. The van der Waals surface area contributed by atoms with Gasteiger partial charge < -0.3 is 5.32 Å². The Morgan fingerprint density at radius 3 is 2.48 bits per heavy atom. The summed E-state index contributed by atoms with van der Waals surface area (Å²) in [6.45, 7) is 5.97. The summed E-state index contributed by atoms with van der Waals surface area (Å²) in [5.74, 6) is 1.38. The molecule has 2 unspecified atom stereocenters. The fourth-order valence-corrected chi connectivity index (χ4v) is 3.83. The average molecular weight is 289 g/mol. The Bertz CT molecular complexity index is 459. The lowest BCUT2D eigenvalue weighted by Gasteiger charge is -2.41. The minimum absolute atomic E-state index is 0.130.